The Morgan fingerprint density at radius 2 is 1.45 bits per heavy atom. The van der Waals surface area contributed by atoms with E-state index in [1.165, 1.54) is 0 Å². The van der Waals surface area contributed by atoms with Crippen molar-refractivity contribution in [2.45, 2.75) is 24.6 Å². The molecule has 0 saturated heterocycles. The molecule has 0 heterocycles. The Kier molecular flexibility index (Phi) is 4.89. The molecular weight excluding hydrogens is 255 g/mol. The lowest BCUT2D eigenvalue weighted by molar-refractivity contribution is -0.158. The molecule has 0 saturated carbocycles. The van der Waals surface area contributed by atoms with Gasteiger partial charge in [-0.05, 0) is 28.5 Å². The molecule has 3 heteroatoms. The normalized spacial score (nSPS) is 15.5. The largest absolute Gasteiger partial charge is 0.345 e. The molecule has 0 radical (unpaired) electrons. The fourth-order valence-corrected chi connectivity index (χ4v) is 1.57. The molecule has 0 bridgehead atoms. The predicted molar refractivity (Wildman–Crippen MR) is 54.8 cm³/mol. The summed E-state index contributed by atoms with van der Waals surface area (Å²) >= 11 is 2.20. The third-order valence-electron chi connectivity index (χ3n) is 2.10. The van der Waals surface area contributed by atoms with E-state index in [9.17, 15) is 0 Å². The first-order chi connectivity index (χ1) is 4.98. The summed E-state index contributed by atoms with van der Waals surface area (Å²) in [5, 5.41) is 0. The number of ether oxygens (including phenoxy) is 2. The van der Waals surface area contributed by atoms with Crippen molar-refractivity contribution in [3.8, 4) is 0 Å². The fraction of sp³-hybridized carbons (Fsp3) is 1.00. The van der Waals surface area contributed by atoms with Gasteiger partial charge in [-0.25, -0.2) is 0 Å². The van der Waals surface area contributed by atoms with E-state index >= 15 is 0 Å². The van der Waals surface area contributed by atoms with Crippen LogP contribution in [0.25, 0.3) is 0 Å². The monoisotopic (exact) mass is 272 g/mol. The lowest BCUT2D eigenvalue weighted by atomic mass is 9.97. The third-order valence-corrected chi connectivity index (χ3v) is 3.96. The SMILES string of the molecule is COC(I)(OC)C(C)C(C)C. The minimum atomic E-state index is -0.466. The van der Waals surface area contributed by atoms with Crippen molar-refractivity contribution in [2.75, 3.05) is 14.2 Å². The molecule has 1 unspecified atom stereocenters. The number of hydrogen-bond acceptors (Lipinski definition) is 2. The van der Waals surface area contributed by atoms with Crippen molar-refractivity contribution >= 4 is 22.6 Å². The summed E-state index contributed by atoms with van der Waals surface area (Å²) in [5.74, 6) is 0.949. The van der Waals surface area contributed by atoms with Gasteiger partial charge in [0.25, 0.3) is 0 Å². The molecule has 0 rings (SSSR count). The van der Waals surface area contributed by atoms with Gasteiger partial charge in [0.15, 0.2) is 0 Å². The Bertz CT molecular complexity index is 111. The van der Waals surface area contributed by atoms with E-state index in [1.54, 1.807) is 14.2 Å². The van der Waals surface area contributed by atoms with Gasteiger partial charge >= 0.3 is 0 Å². The first-order valence-electron chi connectivity index (χ1n) is 3.77. The highest BCUT2D eigenvalue weighted by atomic mass is 127. The number of hydrogen-bond donors (Lipinski definition) is 0. The number of methoxy groups -OCH3 is 2. The second-order valence-electron chi connectivity index (χ2n) is 3.02. The van der Waals surface area contributed by atoms with Crippen LogP contribution in [0.15, 0.2) is 0 Å². The predicted octanol–water partition coefficient (Wildman–Crippen LogP) is 2.66. The molecule has 0 spiro atoms. The summed E-state index contributed by atoms with van der Waals surface area (Å²) in [4.78, 5) is 0. The maximum absolute atomic E-state index is 5.27. The molecule has 0 N–H and O–H groups in total. The van der Waals surface area contributed by atoms with Crippen LogP contribution in [0, 0.1) is 11.8 Å². The van der Waals surface area contributed by atoms with E-state index in [0.29, 0.717) is 11.8 Å². The number of halogens is 1. The Morgan fingerprint density at radius 1 is 1.09 bits per heavy atom. The van der Waals surface area contributed by atoms with Crippen molar-refractivity contribution in [3.63, 3.8) is 0 Å². The van der Waals surface area contributed by atoms with Gasteiger partial charge in [-0.1, -0.05) is 20.8 Å². The summed E-state index contributed by atoms with van der Waals surface area (Å²) < 4.78 is 10.1. The van der Waals surface area contributed by atoms with Crippen LogP contribution in [-0.4, -0.2) is 18.0 Å². The summed E-state index contributed by atoms with van der Waals surface area (Å²) in [6.07, 6.45) is 0. The van der Waals surface area contributed by atoms with Crippen LogP contribution in [0.1, 0.15) is 20.8 Å². The average Bonchev–Trinajstić information content (AvgIpc) is 2.01. The van der Waals surface area contributed by atoms with Gasteiger partial charge in [0, 0.05) is 20.1 Å². The highest BCUT2D eigenvalue weighted by molar-refractivity contribution is 14.1. The van der Waals surface area contributed by atoms with Crippen molar-refractivity contribution in [2.24, 2.45) is 11.8 Å². The summed E-state index contributed by atoms with van der Waals surface area (Å²) in [6.45, 7) is 6.45. The van der Waals surface area contributed by atoms with Gasteiger partial charge in [-0.3, -0.25) is 0 Å². The van der Waals surface area contributed by atoms with Gasteiger partial charge in [0.2, 0.25) is 3.79 Å². The fourth-order valence-electron chi connectivity index (χ4n) is 0.853. The lowest BCUT2D eigenvalue weighted by Crippen LogP contribution is -2.36. The van der Waals surface area contributed by atoms with Crippen LogP contribution in [0.5, 0.6) is 0 Å². The van der Waals surface area contributed by atoms with Crippen LogP contribution in [-0.2, 0) is 9.47 Å². The van der Waals surface area contributed by atoms with Crippen LogP contribution in [0.4, 0.5) is 0 Å². The molecule has 0 aromatic carbocycles. The van der Waals surface area contributed by atoms with Crippen molar-refractivity contribution in [1.82, 2.24) is 0 Å². The standard InChI is InChI=1S/C8H17IO2/c1-6(2)7(3)8(9,10-4)11-5/h6-7H,1-5H3. The number of alkyl halides is 1. The highest BCUT2D eigenvalue weighted by Crippen LogP contribution is 2.34. The average molecular weight is 272 g/mol. The van der Waals surface area contributed by atoms with Crippen LogP contribution >= 0.6 is 22.6 Å². The molecule has 0 aliphatic heterocycles. The van der Waals surface area contributed by atoms with E-state index in [1.807, 2.05) is 0 Å². The highest BCUT2D eigenvalue weighted by Gasteiger charge is 2.34. The van der Waals surface area contributed by atoms with E-state index < -0.39 is 3.79 Å². The van der Waals surface area contributed by atoms with E-state index in [-0.39, 0.29) is 0 Å². The Labute approximate surface area is 82.8 Å². The minimum Gasteiger partial charge on any atom is -0.345 e. The zero-order valence-corrected chi connectivity index (χ0v) is 10.0. The maximum atomic E-state index is 5.27. The first kappa shape index (κ1) is 11.6. The molecule has 0 aliphatic carbocycles. The molecule has 2 nitrogen and oxygen atoms in total. The van der Waals surface area contributed by atoms with Gasteiger partial charge in [0.1, 0.15) is 0 Å². The van der Waals surface area contributed by atoms with Crippen LogP contribution < -0.4 is 0 Å². The molecule has 0 fully saturated rings. The second kappa shape index (κ2) is 4.62. The van der Waals surface area contributed by atoms with Crippen LogP contribution in [0.2, 0.25) is 0 Å². The second-order valence-corrected chi connectivity index (χ2v) is 4.53. The van der Waals surface area contributed by atoms with Gasteiger partial charge < -0.3 is 9.47 Å². The topological polar surface area (TPSA) is 18.5 Å². The zero-order valence-electron chi connectivity index (χ0n) is 7.85. The van der Waals surface area contributed by atoms with E-state index in [4.69, 9.17) is 9.47 Å². The summed E-state index contributed by atoms with van der Waals surface area (Å²) in [6, 6.07) is 0. The van der Waals surface area contributed by atoms with Crippen LogP contribution in [0.3, 0.4) is 0 Å². The molecule has 11 heavy (non-hydrogen) atoms. The Hall–Kier alpha value is 0.650. The summed E-state index contributed by atoms with van der Waals surface area (Å²) in [7, 11) is 3.35. The van der Waals surface area contributed by atoms with Crippen molar-refractivity contribution < 1.29 is 9.47 Å². The molecule has 68 valence electrons. The molecule has 0 aromatic heterocycles. The molecule has 1 atom stereocenters. The van der Waals surface area contributed by atoms with Gasteiger partial charge in [-0.2, -0.15) is 0 Å². The molecule has 0 aliphatic rings. The first-order valence-corrected chi connectivity index (χ1v) is 4.85. The van der Waals surface area contributed by atoms with Gasteiger partial charge in [0.05, 0.1) is 0 Å². The molecular formula is C8H17IO2. The summed E-state index contributed by atoms with van der Waals surface area (Å²) in [5.41, 5.74) is 0. The maximum Gasteiger partial charge on any atom is 0.223 e. The Balaban J connectivity index is 4.24. The quantitative estimate of drug-likeness (QED) is 0.445. The smallest absolute Gasteiger partial charge is 0.223 e. The van der Waals surface area contributed by atoms with E-state index in [2.05, 4.69) is 43.4 Å². The van der Waals surface area contributed by atoms with Crippen molar-refractivity contribution in [3.05, 3.63) is 0 Å². The molecule has 0 aromatic rings. The molecule has 0 amide bonds. The number of rotatable bonds is 4. The Morgan fingerprint density at radius 3 is 1.55 bits per heavy atom. The third kappa shape index (κ3) is 2.87. The minimum absolute atomic E-state index is 0.387. The zero-order chi connectivity index (χ0) is 9.07. The lowest BCUT2D eigenvalue weighted by Gasteiger charge is -2.33. The van der Waals surface area contributed by atoms with Gasteiger partial charge in [-0.15, -0.1) is 0 Å². The van der Waals surface area contributed by atoms with E-state index in [0.717, 1.165) is 0 Å². The van der Waals surface area contributed by atoms with Crippen molar-refractivity contribution in [1.29, 1.82) is 0 Å².